The van der Waals surface area contributed by atoms with Crippen LogP contribution in [0.2, 0.25) is 5.02 Å². The fourth-order valence-electron chi connectivity index (χ4n) is 1.26. The van der Waals surface area contributed by atoms with Crippen LogP contribution in [0.4, 0.5) is 11.6 Å². The van der Waals surface area contributed by atoms with E-state index in [1.807, 2.05) is 24.3 Å². The molecule has 0 bridgehead atoms. The Morgan fingerprint density at radius 1 is 1.19 bits per heavy atom. The molecule has 4 nitrogen and oxygen atoms in total. The summed E-state index contributed by atoms with van der Waals surface area (Å²) in [4.78, 5) is 8.01. The molecule has 1 heterocycles. The van der Waals surface area contributed by atoms with Gasteiger partial charge in [0.2, 0.25) is 0 Å². The van der Waals surface area contributed by atoms with Gasteiger partial charge in [0.1, 0.15) is 11.6 Å². The second-order valence-electron chi connectivity index (χ2n) is 3.27. The Balaban J connectivity index is 2.02. The smallest absolute Gasteiger partial charge is 0.144 e. The van der Waals surface area contributed by atoms with Crippen LogP contribution in [0.3, 0.4) is 0 Å². The molecular weight excluding hydrogens is 224 g/mol. The average Bonchev–Trinajstić information content (AvgIpc) is 2.30. The highest BCUT2D eigenvalue weighted by atomic mass is 35.5. The Labute approximate surface area is 98.5 Å². The molecule has 0 unspecified atom stereocenters. The summed E-state index contributed by atoms with van der Waals surface area (Å²) in [5.74, 6) is 1.08. The number of nitrogens with two attached hydrogens (primary N) is 1. The third kappa shape index (κ3) is 2.61. The highest BCUT2D eigenvalue weighted by Crippen LogP contribution is 2.15. The van der Waals surface area contributed by atoms with Crippen molar-refractivity contribution >= 4 is 23.2 Å². The predicted octanol–water partition coefficient (Wildman–Crippen LogP) is 2.32. The van der Waals surface area contributed by atoms with Gasteiger partial charge in [-0.2, -0.15) is 0 Å². The Bertz CT molecular complexity index is 470. The van der Waals surface area contributed by atoms with E-state index in [1.165, 1.54) is 6.20 Å². The van der Waals surface area contributed by atoms with E-state index in [-0.39, 0.29) is 0 Å². The van der Waals surface area contributed by atoms with E-state index < -0.39 is 0 Å². The lowest BCUT2D eigenvalue weighted by molar-refractivity contribution is 1.09. The van der Waals surface area contributed by atoms with Gasteiger partial charge >= 0.3 is 0 Å². The molecule has 0 aliphatic heterocycles. The number of hydrogen-bond donors (Lipinski definition) is 2. The minimum atomic E-state index is 0.406. The van der Waals surface area contributed by atoms with Crippen molar-refractivity contribution in [3.05, 3.63) is 47.2 Å². The number of benzene rings is 1. The van der Waals surface area contributed by atoms with E-state index in [0.29, 0.717) is 18.2 Å². The zero-order valence-corrected chi connectivity index (χ0v) is 9.28. The molecule has 0 aliphatic carbocycles. The van der Waals surface area contributed by atoms with Gasteiger partial charge in [-0.05, 0) is 11.6 Å². The molecular formula is C11H11ClN4. The van der Waals surface area contributed by atoms with Crippen LogP contribution >= 0.6 is 11.6 Å². The Hall–Kier alpha value is -1.81. The highest BCUT2D eigenvalue weighted by Gasteiger charge is 1.99. The summed E-state index contributed by atoms with van der Waals surface area (Å²) in [6.07, 6.45) is 3.10. The van der Waals surface area contributed by atoms with E-state index >= 15 is 0 Å². The molecule has 0 atom stereocenters. The maximum atomic E-state index is 6.02. The molecule has 1 aromatic heterocycles. The summed E-state index contributed by atoms with van der Waals surface area (Å²) < 4.78 is 0. The van der Waals surface area contributed by atoms with E-state index in [4.69, 9.17) is 17.3 Å². The number of aromatic nitrogens is 2. The quantitative estimate of drug-likeness (QED) is 0.856. The van der Waals surface area contributed by atoms with Gasteiger partial charge in [0.25, 0.3) is 0 Å². The fraction of sp³-hybridized carbons (Fsp3) is 0.0909. The standard InChI is InChI=1S/C11H11ClN4/c12-9-4-2-1-3-8(9)5-15-11-7-14-10(13)6-16-11/h1-4,6-7H,5H2,(H2,13,14)(H,15,16). The zero-order chi connectivity index (χ0) is 11.4. The van der Waals surface area contributed by atoms with Crippen molar-refractivity contribution in [1.82, 2.24) is 9.97 Å². The van der Waals surface area contributed by atoms with Gasteiger partial charge in [-0.25, -0.2) is 9.97 Å². The first-order chi connectivity index (χ1) is 7.75. The van der Waals surface area contributed by atoms with E-state index in [1.54, 1.807) is 6.20 Å². The lowest BCUT2D eigenvalue weighted by Gasteiger charge is -2.06. The number of hydrogen-bond acceptors (Lipinski definition) is 4. The largest absolute Gasteiger partial charge is 0.382 e. The second-order valence-corrected chi connectivity index (χ2v) is 3.68. The average molecular weight is 235 g/mol. The first kappa shape index (κ1) is 10.7. The number of halogens is 1. The first-order valence-corrected chi connectivity index (χ1v) is 5.18. The van der Waals surface area contributed by atoms with Crippen LogP contribution in [0.1, 0.15) is 5.56 Å². The number of rotatable bonds is 3. The van der Waals surface area contributed by atoms with Crippen molar-refractivity contribution < 1.29 is 0 Å². The molecule has 0 fully saturated rings. The number of nitrogens with one attached hydrogen (secondary N) is 1. The van der Waals surface area contributed by atoms with Crippen LogP contribution in [0.25, 0.3) is 0 Å². The predicted molar refractivity (Wildman–Crippen MR) is 65.2 cm³/mol. The van der Waals surface area contributed by atoms with E-state index in [0.717, 1.165) is 10.6 Å². The zero-order valence-electron chi connectivity index (χ0n) is 8.52. The summed E-state index contributed by atoms with van der Waals surface area (Å²) in [6, 6.07) is 7.65. The van der Waals surface area contributed by atoms with Crippen LogP contribution in [-0.4, -0.2) is 9.97 Å². The second kappa shape index (κ2) is 4.81. The molecule has 0 spiro atoms. The van der Waals surface area contributed by atoms with Crippen molar-refractivity contribution in [3.63, 3.8) is 0 Å². The molecule has 5 heteroatoms. The Kier molecular flexibility index (Phi) is 3.22. The summed E-state index contributed by atoms with van der Waals surface area (Å²) in [5.41, 5.74) is 6.45. The maximum Gasteiger partial charge on any atom is 0.144 e. The van der Waals surface area contributed by atoms with Gasteiger partial charge in [-0.1, -0.05) is 29.8 Å². The van der Waals surface area contributed by atoms with Gasteiger partial charge in [-0.3, -0.25) is 0 Å². The summed E-state index contributed by atoms with van der Waals surface area (Å²) in [6.45, 7) is 0.609. The lowest BCUT2D eigenvalue weighted by Crippen LogP contribution is -2.03. The third-order valence-electron chi connectivity index (χ3n) is 2.09. The minimum absolute atomic E-state index is 0.406. The first-order valence-electron chi connectivity index (χ1n) is 4.80. The molecule has 0 saturated heterocycles. The summed E-state index contributed by atoms with van der Waals surface area (Å²) in [5, 5.41) is 3.85. The van der Waals surface area contributed by atoms with E-state index in [9.17, 15) is 0 Å². The van der Waals surface area contributed by atoms with Crippen molar-refractivity contribution in [2.24, 2.45) is 0 Å². The van der Waals surface area contributed by atoms with Gasteiger partial charge in [0.15, 0.2) is 0 Å². The molecule has 82 valence electrons. The van der Waals surface area contributed by atoms with Crippen molar-refractivity contribution in [2.45, 2.75) is 6.54 Å². The fourth-order valence-corrected chi connectivity index (χ4v) is 1.46. The van der Waals surface area contributed by atoms with Crippen molar-refractivity contribution in [3.8, 4) is 0 Å². The van der Waals surface area contributed by atoms with Gasteiger partial charge in [0, 0.05) is 11.6 Å². The monoisotopic (exact) mass is 234 g/mol. The molecule has 0 radical (unpaired) electrons. The Morgan fingerprint density at radius 2 is 2.00 bits per heavy atom. The van der Waals surface area contributed by atoms with Crippen LogP contribution in [0.5, 0.6) is 0 Å². The highest BCUT2D eigenvalue weighted by molar-refractivity contribution is 6.31. The summed E-state index contributed by atoms with van der Waals surface area (Å²) >= 11 is 6.02. The van der Waals surface area contributed by atoms with Crippen LogP contribution in [0, 0.1) is 0 Å². The number of nitrogens with zero attached hydrogens (tertiary/aromatic N) is 2. The molecule has 3 N–H and O–H groups in total. The maximum absolute atomic E-state index is 6.02. The molecule has 1 aromatic carbocycles. The van der Waals surface area contributed by atoms with Crippen molar-refractivity contribution in [1.29, 1.82) is 0 Å². The molecule has 0 saturated carbocycles. The van der Waals surface area contributed by atoms with Crippen LogP contribution < -0.4 is 11.1 Å². The third-order valence-corrected chi connectivity index (χ3v) is 2.46. The van der Waals surface area contributed by atoms with Crippen LogP contribution in [-0.2, 0) is 6.54 Å². The van der Waals surface area contributed by atoms with Gasteiger partial charge < -0.3 is 11.1 Å². The molecule has 0 aliphatic rings. The topological polar surface area (TPSA) is 63.8 Å². The SMILES string of the molecule is Nc1cnc(NCc2ccccc2Cl)cn1. The molecule has 0 amide bonds. The normalized spacial score (nSPS) is 10.1. The number of anilines is 2. The van der Waals surface area contributed by atoms with Crippen LogP contribution in [0.15, 0.2) is 36.7 Å². The van der Waals surface area contributed by atoms with Gasteiger partial charge in [-0.15, -0.1) is 0 Å². The Morgan fingerprint density at radius 3 is 2.69 bits per heavy atom. The lowest BCUT2D eigenvalue weighted by atomic mass is 10.2. The van der Waals surface area contributed by atoms with Gasteiger partial charge in [0.05, 0.1) is 12.4 Å². The molecule has 16 heavy (non-hydrogen) atoms. The van der Waals surface area contributed by atoms with Crippen molar-refractivity contribution in [2.75, 3.05) is 11.1 Å². The minimum Gasteiger partial charge on any atom is -0.382 e. The molecule has 2 aromatic rings. The summed E-state index contributed by atoms with van der Waals surface area (Å²) in [7, 11) is 0. The number of nitrogen functional groups attached to an aromatic ring is 1. The van der Waals surface area contributed by atoms with E-state index in [2.05, 4.69) is 15.3 Å². The molecule has 2 rings (SSSR count).